The van der Waals surface area contributed by atoms with Crippen LogP contribution in [0.2, 0.25) is 0 Å². The first-order valence-electron chi connectivity index (χ1n) is 7.97. The summed E-state index contributed by atoms with van der Waals surface area (Å²) in [5.74, 6) is 0. The first-order chi connectivity index (χ1) is 11.2. The number of nitrogens with one attached hydrogen (secondary N) is 1. The summed E-state index contributed by atoms with van der Waals surface area (Å²) in [4.78, 5) is 18.7. The highest BCUT2D eigenvalue weighted by atomic mass is 16.7. The molecule has 0 radical (unpaired) electrons. The molecule has 1 saturated heterocycles. The van der Waals surface area contributed by atoms with Gasteiger partial charge in [-0.15, -0.1) is 0 Å². The van der Waals surface area contributed by atoms with Gasteiger partial charge in [-0.25, -0.2) is 4.98 Å². The summed E-state index contributed by atoms with van der Waals surface area (Å²) in [5.41, 5.74) is 7.24. The normalized spacial score (nSPS) is 19.9. The fourth-order valence-electron chi connectivity index (χ4n) is 2.61. The van der Waals surface area contributed by atoms with E-state index >= 15 is 0 Å². The molecule has 3 rings (SSSR count). The molecule has 0 spiro atoms. The zero-order chi connectivity index (χ0) is 17.5. The van der Waals surface area contributed by atoms with Crippen LogP contribution in [0.3, 0.4) is 0 Å². The predicted molar refractivity (Wildman–Crippen MR) is 95.5 cm³/mol. The molecule has 24 heavy (non-hydrogen) atoms. The SMILES string of the molecule is CC1(C)OB(C(=Cc2ccc3nc[nH]c(=O)c3c2)CN)OC1(C)C. The van der Waals surface area contributed by atoms with E-state index in [4.69, 9.17) is 15.0 Å². The van der Waals surface area contributed by atoms with Crippen LogP contribution in [-0.2, 0) is 9.31 Å². The second-order valence-corrected chi connectivity index (χ2v) is 7.02. The molecule has 126 valence electrons. The van der Waals surface area contributed by atoms with Crippen molar-refractivity contribution in [1.29, 1.82) is 0 Å². The van der Waals surface area contributed by atoms with E-state index in [2.05, 4.69) is 9.97 Å². The standard InChI is InChI=1S/C17H22BN3O3/c1-16(2)17(3,4)24-18(23-16)12(9-19)7-11-5-6-14-13(8-11)15(22)21-10-20-14/h5-8,10H,9,19H2,1-4H3,(H,20,21,22). The molecule has 0 atom stereocenters. The van der Waals surface area contributed by atoms with Crippen LogP contribution in [0.5, 0.6) is 0 Å². The fraction of sp³-hybridized carbons (Fsp3) is 0.412. The van der Waals surface area contributed by atoms with E-state index in [1.54, 1.807) is 6.07 Å². The average Bonchev–Trinajstić information content (AvgIpc) is 2.73. The number of H-pyrrole nitrogens is 1. The van der Waals surface area contributed by atoms with Gasteiger partial charge < -0.3 is 20.0 Å². The molecule has 1 aromatic carbocycles. The van der Waals surface area contributed by atoms with Crippen molar-refractivity contribution in [3.63, 3.8) is 0 Å². The molecule has 7 heteroatoms. The molecule has 6 nitrogen and oxygen atoms in total. The lowest BCUT2D eigenvalue weighted by Gasteiger charge is -2.32. The number of hydrogen-bond acceptors (Lipinski definition) is 5. The molecule has 0 unspecified atom stereocenters. The maximum Gasteiger partial charge on any atom is 0.491 e. The van der Waals surface area contributed by atoms with Gasteiger partial charge in [0, 0.05) is 6.54 Å². The van der Waals surface area contributed by atoms with Gasteiger partial charge in [0.05, 0.1) is 28.4 Å². The summed E-state index contributed by atoms with van der Waals surface area (Å²) in [5, 5.41) is 0.538. The Morgan fingerprint density at radius 1 is 1.29 bits per heavy atom. The van der Waals surface area contributed by atoms with Gasteiger partial charge >= 0.3 is 7.12 Å². The first-order valence-corrected chi connectivity index (χ1v) is 7.97. The zero-order valence-corrected chi connectivity index (χ0v) is 14.4. The Kier molecular flexibility index (Phi) is 4.11. The molecule has 3 N–H and O–H groups in total. The van der Waals surface area contributed by atoms with Crippen LogP contribution < -0.4 is 11.3 Å². The molecular weight excluding hydrogens is 305 g/mol. The lowest BCUT2D eigenvalue weighted by Crippen LogP contribution is -2.41. The van der Waals surface area contributed by atoms with Crippen molar-refractivity contribution in [3.05, 3.63) is 45.9 Å². The Hall–Kier alpha value is -1.96. The van der Waals surface area contributed by atoms with Crippen molar-refractivity contribution < 1.29 is 9.31 Å². The fourth-order valence-corrected chi connectivity index (χ4v) is 2.61. The van der Waals surface area contributed by atoms with Gasteiger partial charge in [-0.05, 0) is 50.9 Å². The van der Waals surface area contributed by atoms with Crippen molar-refractivity contribution in [3.8, 4) is 0 Å². The van der Waals surface area contributed by atoms with E-state index in [0.29, 0.717) is 17.4 Å². The Labute approximate surface area is 141 Å². The van der Waals surface area contributed by atoms with Crippen LogP contribution in [-0.4, -0.2) is 34.8 Å². The van der Waals surface area contributed by atoms with Crippen LogP contribution in [0, 0.1) is 0 Å². The van der Waals surface area contributed by atoms with Gasteiger partial charge in [0.2, 0.25) is 0 Å². The van der Waals surface area contributed by atoms with Crippen LogP contribution in [0.1, 0.15) is 33.3 Å². The van der Waals surface area contributed by atoms with E-state index in [-0.39, 0.29) is 5.56 Å². The minimum atomic E-state index is -0.497. The molecule has 2 heterocycles. The number of nitrogens with two attached hydrogens (primary N) is 1. The number of fused-ring (bicyclic) bond motifs is 1. The summed E-state index contributed by atoms with van der Waals surface area (Å²) < 4.78 is 12.1. The lowest BCUT2D eigenvalue weighted by atomic mass is 9.77. The third-order valence-corrected chi connectivity index (χ3v) is 4.81. The summed E-state index contributed by atoms with van der Waals surface area (Å²) in [6, 6.07) is 5.51. The minimum Gasteiger partial charge on any atom is -0.400 e. The maximum atomic E-state index is 11.9. The monoisotopic (exact) mass is 327 g/mol. The van der Waals surface area contributed by atoms with E-state index in [1.165, 1.54) is 6.33 Å². The molecule has 1 aliphatic heterocycles. The number of benzene rings is 1. The largest absolute Gasteiger partial charge is 0.491 e. The van der Waals surface area contributed by atoms with Gasteiger partial charge in [0.15, 0.2) is 0 Å². The predicted octanol–water partition coefficient (Wildman–Crippen LogP) is 1.90. The van der Waals surface area contributed by atoms with E-state index in [1.807, 2.05) is 45.9 Å². The first kappa shape index (κ1) is 16.9. The molecule has 1 fully saturated rings. The van der Waals surface area contributed by atoms with Gasteiger partial charge in [-0.1, -0.05) is 12.1 Å². The molecule has 1 aliphatic rings. The average molecular weight is 327 g/mol. The van der Waals surface area contributed by atoms with E-state index in [0.717, 1.165) is 11.0 Å². The third-order valence-electron chi connectivity index (χ3n) is 4.81. The van der Waals surface area contributed by atoms with Crippen LogP contribution in [0.15, 0.2) is 34.8 Å². The van der Waals surface area contributed by atoms with E-state index in [9.17, 15) is 4.79 Å². The number of aromatic amines is 1. The van der Waals surface area contributed by atoms with Gasteiger partial charge in [-0.2, -0.15) is 0 Å². The molecular formula is C17H22BN3O3. The number of nitrogens with zero attached hydrogens (tertiary/aromatic N) is 1. The van der Waals surface area contributed by atoms with Gasteiger partial charge in [0.1, 0.15) is 0 Å². The van der Waals surface area contributed by atoms with Crippen molar-refractivity contribution in [2.45, 2.75) is 38.9 Å². The van der Waals surface area contributed by atoms with Crippen LogP contribution in [0.4, 0.5) is 0 Å². The van der Waals surface area contributed by atoms with E-state index < -0.39 is 18.3 Å². The highest BCUT2D eigenvalue weighted by Crippen LogP contribution is 2.38. The Morgan fingerprint density at radius 2 is 1.96 bits per heavy atom. The van der Waals surface area contributed by atoms with Crippen molar-refractivity contribution >= 4 is 24.1 Å². The van der Waals surface area contributed by atoms with Crippen LogP contribution in [0.25, 0.3) is 17.0 Å². The third kappa shape index (κ3) is 2.90. The second-order valence-electron chi connectivity index (χ2n) is 7.02. The number of hydrogen-bond donors (Lipinski definition) is 2. The quantitative estimate of drug-likeness (QED) is 0.840. The van der Waals surface area contributed by atoms with Gasteiger partial charge in [-0.3, -0.25) is 4.79 Å². The molecule has 1 aromatic heterocycles. The highest BCUT2D eigenvalue weighted by molar-refractivity contribution is 6.55. The topological polar surface area (TPSA) is 90.2 Å². The zero-order valence-electron chi connectivity index (χ0n) is 14.4. The molecule has 2 aromatic rings. The van der Waals surface area contributed by atoms with Crippen molar-refractivity contribution in [2.24, 2.45) is 5.73 Å². The molecule has 0 aliphatic carbocycles. The maximum absolute atomic E-state index is 11.9. The molecule has 0 saturated carbocycles. The minimum absolute atomic E-state index is 0.166. The Bertz CT molecular complexity index is 842. The number of aromatic nitrogens is 2. The smallest absolute Gasteiger partial charge is 0.400 e. The Morgan fingerprint density at radius 3 is 2.58 bits per heavy atom. The molecule has 0 amide bonds. The van der Waals surface area contributed by atoms with Crippen molar-refractivity contribution in [1.82, 2.24) is 9.97 Å². The summed E-state index contributed by atoms with van der Waals surface area (Å²) in [6.07, 6.45) is 3.31. The molecule has 0 bridgehead atoms. The Balaban J connectivity index is 1.97. The summed E-state index contributed by atoms with van der Waals surface area (Å²) >= 11 is 0. The summed E-state index contributed by atoms with van der Waals surface area (Å²) in [6.45, 7) is 8.31. The second kappa shape index (κ2) is 5.84. The highest BCUT2D eigenvalue weighted by Gasteiger charge is 2.52. The lowest BCUT2D eigenvalue weighted by molar-refractivity contribution is 0.00578. The van der Waals surface area contributed by atoms with Crippen molar-refractivity contribution in [2.75, 3.05) is 6.54 Å². The summed E-state index contributed by atoms with van der Waals surface area (Å²) in [7, 11) is -0.497. The number of rotatable bonds is 3. The van der Waals surface area contributed by atoms with Crippen LogP contribution >= 0.6 is 0 Å². The van der Waals surface area contributed by atoms with Gasteiger partial charge in [0.25, 0.3) is 5.56 Å².